The summed E-state index contributed by atoms with van der Waals surface area (Å²) in [5.74, 6) is -0.966. The maximum absolute atomic E-state index is 12.9. The van der Waals surface area contributed by atoms with Crippen LogP contribution >= 0.6 is 11.8 Å². The average Bonchev–Trinajstić information content (AvgIpc) is 3.36. The second-order valence-corrected chi connectivity index (χ2v) is 12.6. The molecule has 2 N–H and O–H groups in total. The van der Waals surface area contributed by atoms with Crippen LogP contribution in [0, 0.1) is 25.2 Å². The molecule has 224 valence electrons. The van der Waals surface area contributed by atoms with Crippen LogP contribution in [-0.2, 0) is 25.5 Å². The van der Waals surface area contributed by atoms with E-state index in [0.717, 1.165) is 11.1 Å². The number of aromatic hydroxyl groups is 1. The Hall–Kier alpha value is -3.99. The van der Waals surface area contributed by atoms with E-state index in [-0.39, 0.29) is 43.6 Å². The maximum atomic E-state index is 12.9. The number of carbonyl (C=O) groups excluding carboxylic acids is 3. The van der Waals surface area contributed by atoms with Crippen molar-refractivity contribution in [2.75, 3.05) is 32.8 Å². The predicted octanol–water partition coefficient (Wildman–Crippen LogP) is 2.46. The molecule has 2 aromatic rings. The lowest BCUT2D eigenvalue weighted by Crippen LogP contribution is -2.69. The Morgan fingerprint density at radius 1 is 1.19 bits per heavy atom. The van der Waals surface area contributed by atoms with E-state index >= 15 is 0 Å². The predicted molar refractivity (Wildman–Crippen MR) is 150 cm³/mol. The lowest BCUT2D eigenvalue weighted by molar-refractivity contribution is -0.156. The van der Waals surface area contributed by atoms with E-state index in [1.54, 1.807) is 6.92 Å². The third-order valence-electron chi connectivity index (χ3n) is 9.12. The molecular formula is C30H29N3O9S. The van der Waals surface area contributed by atoms with Crippen LogP contribution in [-0.4, -0.2) is 72.1 Å². The Kier molecular flexibility index (Phi) is 6.32. The molecule has 0 amide bonds. The fourth-order valence-corrected chi connectivity index (χ4v) is 8.90. The summed E-state index contributed by atoms with van der Waals surface area (Å²) in [5, 5.41) is 25.5. The standard InChI is InChI=1S/C30H29N3O9S/c1-12-5-15-6-30(9-31)10-32-21(18(15)23(36)24(12)38-4)22-28-20-19(16(33(22)30)7-39-29(37)17(35)8-43-28)27-26(40-11-41-27)13(2)25(20)42-14(3)34/h5,16,21-22,28,32,36H,6-8,10-11H2,1-4H3/t16?,21-,22+,28+,30?/m0/s1. The number of fused-ring (bicyclic) bond motifs is 6. The zero-order valence-corrected chi connectivity index (χ0v) is 24.8. The molecule has 8 rings (SSSR count). The Morgan fingerprint density at radius 2 is 1.95 bits per heavy atom. The zero-order chi connectivity index (χ0) is 30.4. The molecule has 0 aromatic heterocycles. The fourth-order valence-electron chi connectivity index (χ4n) is 7.57. The quantitative estimate of drug-likeness (QED) is 0.292. The molecule has 6 aliphatic heterocycles. The maximum Gasteiger partial charge on any atom is 0.375 e. The average molecular weight is 608 g/mol. The molecule has 6 heterocycles. The number of thioether (sulfide) groups is 1. The first-order chi connectivity index (χ1) is 20.6. The number of ketones is 1. The number of hydrogen-bond acceptors (Lipinski definition) is 13. The van der Waals surface area contributed by atoms with Gasteiger partial charge in [-0.3, -0.25) is 14.5 Å². The van der Waals surface area contributed by atoms with E-state index in [9.17, 15) is 24.8 Å². The SMILES string of the molecule is COc1c(C)cc2c(c1O)[C@@H]1NCC(C#N)(C2)N2C3COC(=O)C(=O)CS[C@H](c4c(OC(C)=O)c(C)c5c(c43)OCO5)[C@@H]12. The van der Waals surface area contributed by atoms with Crippen LogP contribution in [0.15, 0.2) is 6.07 Å². The van der Waals surface area contributed by atoms with E-state index in [4.69, 9.17) is 23.7 Å². The number of methoxy groups -OCH3 is 1. The van der Waals surface area contributed by atoms with Crippen molar-refractivity contribution in [1.82, 2.24) is 10.2 Å². The van der Waals surface area contributed by atoms with E-state index in [0.29, 0.717) is 39.5 Å². The molecule has 12 nitrogen and oxygen atoms in total. The third-order valence-corrected chi connectivity index (χ3v) is 10.4. The van der Waals surface area contributed by atoms with Gasteiger partial charge in [0.15, 0.2) is 23.0 Å². The number of phenols is 1. The summed E-state index contributed by atoms with van der Waals surface area (Å²) in [6.07, 6.45) is 0.259. The number of hydrogen-bond donors (Lipinski definition) is 2. The molecule has 3 unspecified atom stereocenters. The van der Waals surface area contributed by atoms with Crippen LogP contribution < -0.4 is 24.3 Å². The Bertz CT molecular complexity index is 1670. The zero-order valence-electron chi connectivity index (χ0n) is 23.9. The van der Waals surface area contributed by atoms with Crippen molar-refractivity contribution in [3.05, 3.63) is 39.4 Å². The topological polar surface area (TPSA) is 157 Å². The van der Waals surface area contributed by atoms with Gasteiger partial charge in [-0.15, -0.1) is 11.8 Å². The van der Waals surface area contributed by atoms with Gasteiger partial charge < -0.3 is 34.1 Å². The largest absolute Gasteiger partial charge is 0.504 e. The van der Waals surface area contributed by atoms with E-state index < -0.39 is 46.6 Å². The minimum Gasteiger partial charge on any atom is -0.504 e. The molecule has 4 bridgehead atoms. The van der Waals surface area contributed by atoms with Crippen LogP contribution in [0.2, 0.25) is 0 Å². The molecule has 0 radical (unpaired) electrons. The van der Waals surface area contributed by atoms with Gasteiger partial charge >= 0.3 is 11.9 Å². The second kappa shape index (κ2) is 9.77. The van der Waals surface area contributed by atoms with Gasteiger partial charge in [0.1, 0.15) is 17.9 Å². The van der Waals surface area contributed by atoms with Crippen molar-refractivity contribution in [2.45, 2.75) is 56.1 Å². The summed E-state index contributed by atoms with van der Waals surface area (Å²) in [7, 11) is 1.49. The molecular weight excluding hydrogens is 578 g/mol. The lowest BCUT2D eigenvalue weighted by atomic mass is 9.76. The Labute approximate surface area is 251 Å². The molecule has 2 saturated heterocycles. The molecule has 6 aliphatic rings. The van der Waals surface area contributed by atoms with Crippen molar-refractivity contribution < 1.29 is 43.2 Å². The number of nitriles is 1. The van der Waals surface area contributed by atoms with Crippen LogP contribution in [0.4, 0.5) is 0 Å². The van der Waals surface area contributed by atoms with E-state index in [1.165, 1.54) is 25.8 Å². The minimum absolute atomic E-state index is 0.0200. The van der Waals surface area contributed by atoms with Crippen LogP contribution in [0.25, 0.3) is 0 Å². The summed E-state index contributed by atoms with van der Waals surface area (Å²) in [6, 6.07) is 2.64. The number of benzene rings is 2. The van der Waals surface area contributed by atoms with Crippen molar-refractivity contribution in [3.8, 4) is 34.8 Å². The lowest BCUT2D eigenvalue weighted by Gasteiger charge is -2.57. The van der Waals surface area contributed by atoms with Gasteiger partial charge in [-0.25, -0.2) is 4.79 Å². The van der Waals surface area contributed by atoms with Crippen LogP contribution in [0.1, 0.15) is 57.6 Å². The molecule has 43 heavy (non-hydrogen) atoms. The smallest absolute Gasteiger partial charge is 0.375 e. The normalized spacial score (nSPS) is 29.9. The highest BCUT2D eigenvalue weighted by molar-refractivity contribution is 8.00. The monoisotopic (exact) mass is 607 g/mol. The van der Waals surface area contributed by atoms with Gasteiger partial charge in [-0.05, 0) is 25.0 Å². The molecule has 6 atom stereocenters. The number of ether oxygens (including phenoxy) is 5. The number of nitrogens with zero attached hydrogens (tertiary/aromatic N) is 2. The van der Waals surface area contributed by atoms with Crippen LogP contribution in [0.3, 0.4) is 0 Å². The van der Waals surface area contributed by atoms with Crippen LogP contribution in [0.5, 0.6) is 28.7 Å². The van der Waals surface area contributed by atoms with Crippen molar-refractivity contribution in [2.24, 2.45) is 0 Å². The number of Topliss-reactive ketones (excluding diaryl/α,β-unsaturated/α-hetero) is 1. The molecule has 2 aromatic carbocycles. The van der Waals surface area contributed by atoms with Crippen molar-refractivity contribution in [3.63, 3.8) is 0 Å². The first-order valence-corrected chi connectivity index (χ1v) is 14.9. The van der Waals surface area contributed by atoms with E-state index in [1.807, 2.05) is 13.0 Å². The van der Waals surface area contributed by atoms with E-state index in [2.05, 4.69) is 16.3 Å². The number of piperazine rings is 1. The highest BCUT2D eigenvalue weighted by Gasteiger charge is 2.62. The summed E-state index contributed by atoms with van der Waals surface area (Å²) >= 11 is 1.20. The van der Waals surface area contributed by atoms with Gasteiger partial charge in [0, 0.05) is 48.2 Å². The summed E-state index contributed by atoms with van der Waals surface area (Å²) in [6.45, 7) is 4.84. The van der Waals surface area contributed by atoms with Gasteiger partial charge in [-0.1, -0.05) is 6.07 Å². The molecule has 13 heteroatoms. The minimum atomic E-state index is -1.16. The van der Waals surface area contributed by atoms with Gasteiger partial charge in [0.2, 0.25) is 12.6 Å². The van der Waals surface area contributed by atoms with Crippen molar-refractivity contribution >= 4 is 29.5 Å². The number of esters is 2. The first-order valence-electron chi connectivity index (χ1n) is 13.9. The Morgan fingerprint density at radius 3 is 2.67 bits per heavy atom. The summed E-state index contributed by atoms with van der Waals surface area (Å²) in [5.41, 5.74) is 2.72. The highest BCUT2D eigenvalue weighted by atomic mass is 32.2. The molecule has 2 fully saturated rings. The first kappa shape index (κ1) is 27.8. The van der Waals surface area contributed by atoms with Gasteiger partial charge in [0.05, 0.1) is 36.3 Å². The number of rotatable bonds is 2. The third kappa shape index (κ3) is 3.79. The highest BCUT2D eigenvalue weighted by Crippen LogP contribution is 2.63. The Balaban J connectivity index is 1.57. The molecule has 0 spiro atoms. The number of carbonyl (C=O) groups is 3. The number of nitrogens with one attached hydrogen (secondary N) is 1. The van der Waals surface area contributed by atoms with Gasteiger partial charge in [-0.2, -0.15) is 5.26 Å². The fraction of sp³-hybridized carbons (Fsp3) is 0.467. The second-order valence-electron chi connectivity index (χ2n) is 11.4. The number of aryl methyl sites for hydroxylation is 1. The molecule has 0 saturated carbocycles. The van der Waals surface area contributed by atoms with Gasteiger partial charge in [0.25, 0.3) is 0 Å². The summed E-state index contributed by atoms with van der Waals surface area (Å²) < 4.78 is 29.0. The number of phenolic OH excluding ortho intramolecular Hbond substituents is 1. The van der Waals surface area contributed by atoms with Crippen molar-refractivity contribution in [1.29, 1.82) is 5.26 Å². The summed E-state index contributed by atoms with van der Waals surface area (Å²) in [4.78, 5) is 40.1. The number of cyclic esters (lactones) is 1. The molecule has 0 aliphatic carbocycles.